The van der Waals surface area contributed by atoms with E-state index in [-0.39, 0.29) is 17.6 Å². The molecule has 13 heavy (non-hydrogen) atoms. The molecule has 0 fully saturated rings. The molecule has 0 bridgehead atoms. The van der Waals surface area contributed by atoms with Crippen LogP contribution in [0.2, 0.25) is 0 Å². The van der Waals surface area contributed by atoms with Crippen LogP contribution in [0.1, 0.15) is 18.4 Å². The van der Waals surface area contributed by atoms with Crippen LogP contribution in [-0.4, -0.2) is 18.1 Å². The molecule has 0 aromatic heterocycles. The topological polar surface area (TPSA) is 40.5 Å². The third-order valence-electron chi connectivity index (χ3n) is 2.54. The molecule has 1 atom stereocenters. The number of aromatic hydroxyl groups is 1. The lowest BCUT2D eigenvalue weighted by Crippen LogP contribution is -2.22. The van der Waals surface area contributed by atoms with Gasteiger partial charge in [-0.1, -0.05) is 0 Å². The molecule has 1 amide bonds. The van der Waals surface area contributed by atoms with Crippen molar-refractivity contribution >= 4 is 11.6 Å². The van der Waals surface area contributed by atoms with Crippen molar-refractivity contribution in [2.24, 2.45) is 0 Å². The van der Waals surface area contributed by atoms with E-state index in [2.05, 4.69) is 0 Å². The normalized spacial score (nSPS) is 20.6. The van der Waals surface area contributed by atoms with Crippen molar-refractivity contribution in [1.82, 2.24) is 0 Å². The standard InChI is InChI=1S/C10H11NO2/c1-6-8-5-7(12)3-4-9(8)11(2)10(6)13/h3-6,12H,1-2H3. The van der Waals surface area contributed by atoms with Gasteiger partial charge >= 0.3 is 0 Å². The summed E-state index contributed by atoms with van der Waals surface area (Å²) in [5.41, 5.74) is 1.81. The number of phenols is 1. The van der Waals surface area contributed by atoms with Gasteiger partial charge < -0.3 is 10.0 Å². The fourth-order valence-electron chi connectivity index (χ4n) is 1.74. The molecule has 3 heteroatoms. The van der Waals surface area contributed by atoms with Gasteiger partial charge in [0.05, 0.1) is 5.92 Å². The van der Waals surface area contributed by atoms with Gasteiger partial charge in [-0.3, -0.25) is 4.79 Å². The Balaban J connectivity index is 2.60. The van der Waals surface area contributed by atoms with Gasteiger partial charge in [0.2, 0.25) is 5.91 Å². The van der Waals surface area contributed by atoms with E-state index in [1.54, 1.807) is 30.1 Å². The molecule has 3 nitrogen and oxygen atoms in total. The van der Waals surface area contributed by atoms with Crippen molar-refractivity contribution in [1.29, 1.82) is 0 Å². The molecule has 0 saturated carbocycles. The zero-order chi connectivity index (χ0) is 9.59. The smallest absolute Gasteiger partial charge is 0.234 e. The molecular formula is C10H11NO2. The Hall–Kier alpha value is -1.51. The minimum absolute atomic E-state index is 0.0839. The number of benzene rings is 1. The van der Waals surface area contributed by atoms with Crippen molar-refractivity contribution in [3.8, 4) is 5.75 Å². The van der Waals surface area contributed by atoms with E-state index in [9.17, 15) is 9.90 Å². The minimum Gasteiger partial charge on any atom is -0.508 e. The van der Waals surface area contributed by atoms with Crippen LogP contribution in [0.5, 0.6) is 5.75 Å². The highest BCUT2D eigenvalue weighted by Gasteiger charge is 2.31. The van der Waals surface area contributed by atoms with Gasteiger partial charge in [-0.2, -0.15) is 0 Å². The fourth-order valence-corrected chi connectivity index (χ4v) is 1.74. The first-order chi connectivity index (χ1) is 6.11. The number of fused-ring (bicyclic) bond motifs is 1. The number of nitrogens with zero attached hydrogens (tertiary/aromatic N) is 1. The summed E-state index contributed by atoms with van der Waals surface area (Å²) in [6.45, 7) is 1.85. The third kappa shape index (κ3) is 1.00. The number of amides is 1. The summed E-state index contributed by atoms with van der Waals surface area (Å²) in [4.78, 5) is 13.1. The molecule has 1 aromatic carbocycles. The number of carbonyl (C=O) groups excluding carboxylic acids is 1. The first kappa shape index (κ1) is 8.10. The van der Waals surface area contributed by atoms with Gasteiger partial charge in [0, 0.05) is 12.7 Å². The van der Waals surface area contributed by atoms with Gasteiger partial charge in [-0.05, 0) is 30.7 Å². The average Bonchev–Trinajstić information content (AvgIpc) is 2.32. The molecule has 0 saturated heterocycles. The summed E-state index contributed by atoms with van der Waals surface area (Å²) in [7, 11) is 1.75. The highest BCUT2D eigenvalue weighted by atomic mass is 16.3. The van der Waals surface area contributed by atoms with Gasteiger partial charge in [0.15, 0.2) is 0 Å². The summed E-state index contributed by atoms with van der Waals surface area (Å²) < 4.78 is 0. The number of likely N-dealkylation sites (N-methyl/N-ethyl adjacent to an activating group) is 1. The van der Waals surface area contributed by atoms with Crippen LogP contribution in [0.15, 0.2) is 18.2 Å². The second kappa shape index (κ2) is 2.49. The Morgan fingerprint density at radius 1 is 1.46 bits per heavy atom. The summed E-state index contributed by atoms with van der Waals surface area (Å²) >= 11 is 0. The molecule has 68 valence electrons. The number of anilines is 1. The predicted octanol–water partition coefficient (Wildman–Crippen LogP) is 1.47. The van der Waals surface area contributed by atoms with Crippen molar-refractivity contribution in [2.45, 2.75) is 12.8 Å². The van der Waals surface area contributed by atoms with Crippen LogP contribution in [0.25, 0.3) is 0 Å². The van der Waals surface area contributed by atoms with Crippen LogP contribution in [-0.2, 0) is 4.79 Å². The van der Waals surface area contributed by atoms with Crippen LogP contribution in [0.4, 0.5) is 5.69 Å². The monoisotopic (exact) mass is 177 g/mol. The molecule has 1 unspecified atom stereocenters. The van der Waals surface area contributed by atoms with Crippen molar-refractivity contribution in [3.63, 3.8) is 0 Å². The first-order valence-corrected chi connectivity index (χ1v) is 4.21. The number of phenolic OH excluding ortho intramolecular Hbond substituents is 1. The van der Waals surface area contributed by atoms with Crippen LogP contribution in [0, 0.1) is 0 Å². The van der Waals surface area contributed by atoms with Crippen molar-refractivity contribution in [2.75, 3.05) is 11.9 Å². The predicted molar refractivity (Wildman–Crippen MR) is 49.9 cm³/mol. The van der Waals surface area contributed by atoms with E-state index in [4.69, 9.17) is 0 Å². The van der Waals surface area contributed by atoms with Gasteiger partial charge in [0.25, 0.3) is 0 Å². The second-order valence-corrected chi connectivity index (χ2v) is 3.36. The lowest BCUT2D eigenvalue weighted by molar-refractivity contribution is -0.118. The minimum atomic E-state index is -0.132. The SMILES string of the molecule is CC1C(=O)N(C)c2ccc(O)cc21. The zero-order valence-corrected chi connectivity index (χ0v) is 7.61. The maximum absolute atomic E-state index is 11.5. The lowest BCUT2D eigenvalue weighted by atomic mass is 10.0. The van der Waals surface area contributed by atoms with Crippen molar-refractivity contribution in [3.05, 3.63) is 23.8 Å². The summed E-state index contributed by atoms with van der Waals surface area (Å²) in [5, 5.41) is 9.26. The highest BCUT2D eigenvalue weighted by Crippen LogP contribution is 2.37. The molecule has 1 aromatic rings. The van der Waals surface area contributed by atoms with Crippen LogP contribution in [0.3, 0.4) is 0 Å². The number of hydrogen-bond donors (Lipinski definition) is 1. The summed E-state index contributed by atoms with van der Waals surface area (Å²) in [6, 6.07) is 5.02. The molecule has 0 spiro atoms. The Labute approximate surface area is 76.6 Å². The largest absolute Gasteiger partial charge is 0.508 e. The molecule has 1 aliphatic rings. The Bertz CT molecular complexity index is 373. The molecule has 0 aliphatic carbocycles. The van der Waals surface area contributed by atoms with Crippen LogP contribution < -0.4 is 4.90 Å². The van der Waals surface area contributed by atoms with Crippen molar-refractivity contribution < 1.29 is 9.90 Å². The maximum Gasteiger partial charge on any atom is 0.234 e. The molecular weight excluding hydrogens is 166 g/mol. The quantitative estimate of drug-likeness (QED) is 0.652. The van der Waals surface area contributed by atoms with Gasteiger partial charge in [-0.15, -0.1) is 0 Å². The van der Waals surface area contributed by atoms with Crippen LogP contribution >= 0.6 is 0 Å². The highest BCUT2D eigenvalue weighted by molar-refractivity contribution is 6.04. The van der Waals surface area contributed by atoms with E-state index in [0.717, 1.165) is 11.3 Å². The number of hydrogen-bond acceptors (Lipinski definition) is 2. The van der Waals surface area contributed by atoms with E-state index in [1.165, 1.54) is 0 Å². The molecule has 0 radical (unpaired) electrons. The maximum atomic E-state index is 11.5. The Morgan fingerprint density at radius 2 is 2.15 bits per heavy atom. The third-order valence-corrected chi connectivity index (χ3v) is 2.54. The average molecular weight is 177 g/mol. The van der Waals surface area contributed by atoms with E-state index in [1.807, 2.05) is 6.92 Å². The van der Waals surface area contributed by atoms with E-state index >= 15 is 0 Å². The molecule has 1 N–H and O–H groups in total. The van der Waals surface area contributed by atoms with E-state index < -0.39 is 0 Å². The van der Waals surface area contributed by atoms with E-state index in [0.29, 0.717) is 0 Å². The first-order valence-electron chi connectivity index (χ1n) is 4.21. The molecule has 1 aliphatic heterocycles. The van der Waals surface area contributed by atoms with Gasteiger partial charge in [0.1, 0.15) is 5.75 Å². The Morgan fingerprint density at radius 3 is 2.85 bits per heavy atom. The number of rotatable bonds is 0. The Kier molecular flexibility index (Phi) is 1.55. The molecule has 1 heterocycles. The summed E-state index contributed by atoms with van der Waals surface area (Å²) in [5.74, 6) is 0.168. The lowest BCUT2D eigenvalue weighted by Gasteiger charge is -2.09. The second-order valence-electron chi connectivity index (χ2n) is 3.36. The van der Waals surface area contributed by atoms with Gasteiger partial charge in [-0.25, -0.2) is 0 Å². The fraction of sp³-hybridized carbons (Fsp3) is 0.300. The summed E-state index contributed by atoms with van der Waals surface area (Å²) in [6.07, 6.45) is 0. The molecule has 2 rings (SSSR count). The zero-order valence-electron chi connectivity index (χ0n) is 7.61. The number of carbonyl (C=O) groups is 1.